The molecule has 0 radical (unpaired) electrons. The zero-order chi connectivity index (χ0) is 18.3. The number of hydrogen-bond donors (Lipinski definition) is 2. The summed E-state index contributed by atoms with van der Waals surface area (Å²) in [6.07, 6.45) is 2.99. The lowest BCUT2D eigenvalue weighted by molar-refractivity contribution is -0.147. The number of nitrogens with one attached hydrogen (secondary N) is 2. The first-order valence-corrected chi connectivity index (χ1v) is 8.17. The average Bonchev–Trinajstić information content (AvgIpc) is 3.06. The van der Waals surface area contributed by atoms with Crippen molar-refractivity contribution in [1.82, 2.24) is 10.6 Å². The minimum atomic E-state index is -0.844. The smallest absolute Gasteiger partial charge is 0.325 e. The van der Waals surface area contributed by atoms with Gasteiger partial charge in [-0.3, -0.25) is 14.4 Å². The van der Waals surface area contributed by atoms with Gasteiger partial charge in [0.15, 0.2) is 6.61 Å². The van der Waals surface area contributed by atoms with E-state index in [1.807, 2.05) is 13.0 Å². The minimum absolute atomic E-state index is 0.330. The molecule has 1 aromatic rings. The van der Waals surface area contributed by atoms with Crippen molar-refractivity contribution in [2.45, 2.75) is 38.1 Å². The molecule has 1 aliphatic carbocycles. The van der Waals surface area contributed by atoms with Crippen LogP contribution in [-0.2, 0) is 14.3 Å². The standard InChI is InChI=1S/C18H21N3O4/c1-13-5-4-6-14(9-13)17(24)20-10-16(23)25-11-15(22)21-18(12-19)7-2-3-8-18/h4-6,9H,2-3,7-8,10-11H2,1H3,(H,20,24)(H,21,22). The molecule has 0 aromatic heterocycles. The van der Waals surface area contributed by atoms with Crippen LogP contribution in [-0.4, -0.2) is 36.5 Å². The molecular weight excluding hydrogens is 322 g/mol. The number of aryl methyl sites for hydroxylation is 1. The number of ether oxygens (including phenoxy) is 1. The van der Waals surface area contributed by atoms with Crippen LogP contribution < -0.4 is 10.6 Å². The van der Waals surface area contributed by atoms with Crippen molar-refractivity contribution in [2.75, 3.05) is 13.2 Å². The van der Waals surface area contributed by atoms with Gasteiger partial charge in [-0.25, -0.2) is 0 Å². The van der Waals surface area contributed by atoms with Crippen molar-refractivity contribution < 1.29 is 19.1 Å². The summed E-state index contributed by atoms with van der Waals surface area (Å²) in [4.78, 5) is 35.4. The van der Waals surface area contributed by atoms with Crippen LogP contribution in [0.1, 0.15) is 41.6 Å². The van der Waals surface area contributed by atoms with E-state index in [4.69, 9.17) is 4.74 Å². The second-order valence-electron chi connectivity index (χ2n) is 6.16. The van der Waals surface area contributed by atoms with Gasteiger partial charge in [0.1, 0.15) is 12.1 Å². The Morgan fingerprint density at radius 1 is 1.28 bits per heavy atom. The molecule has 25 heavy (non-hydrogen) atoms. The third-order valence-corrected chi connectivity index (χ3v) is 4.09. The molecule has 1 aliphatic rings. The molecule has 2 amide bonds. The summed E-state index contributed by atoms with van der Waals surface area (Å²) < 4.78 is 4.84. The number of esters is 1. The molecule has 1 saturated carbocycles. The molecule has 132 valence electrons. The molecule has 2 N–H and O–H groups in total. The largest absolute Gasteiger partial charge is 0.454 e. The lowest BCUT2D eigenvalue weighted by atomic mass is 10.00. The Bertz CT molecular complexity index is 703. The molecule has 0 atom stereocenters. The Kier molecular flexibility index (Phi) is 6.12. The van der Waals surface area contributed by atoms with Crippen LogP contribution in [0, 0.1) is 18.3 Å². The summed E-state index contributed by atoms with van der Waals surface area (Å²) >= 11 is 0. The van der Waals surface area contributed by atoms with Gasteiger partial charge in [-0.15, -0.1) is 0 Å². The molecule has 0 spiro atoms. The van der Waals surface area contributed by atoms with Gasteiger partial charge in [-0.1, -0.05) is 17.7 Å². The molecule has 0 aliphatic heterocycles. The highest BCUT2D eigenvalue weighted by atomic mass is 16.5. The van der Waals surface area contributed by atoms with E-state index in [1.54, 1.807) is 18.2 Å². The first kappa shape index (κ1) is 18.5. The Morgan fingerprint density at radius 3 is 2.64 bits per heavy atom. The summed E-state index contributed by atoms with van der Waals surface area (Å²) in [5.74, 6) is -1.62. The fourth-order valence-corrected chi connectivity index (χ4v) is 2.78. The van der Waals surface area contributed by atoms with E-state index < -0.39 is 24.0 Å². The van der Waals surface area contributed by atoms with Gasteiger partial charge in [0.05, 0.1) is 6.07 Å². The van der Waals surface area contributed by atoms with Crippen molar-refractivity contribution in [2.24, 2.45) is 0 Å². The Balaban J connectivity index is 1.72. The van der Waals surface area contributed by atoms with Gasteiger partial charge >= 0.3 is 5.97 Å². The highest BCUT2D eigenvalue weighted by Crippen LogP contribution is 2.28. The molecule has 0 heterocycles. The quantitative estimate of drug-likeness (QED) is 0.755. The first-order chi connectivity index (χ1) is 11.9. The van der Waals surface area contributed by atoms with E-state index in [0.29, 0.717) is 18.4 Å². The molecule has 7 nitrogen and oxygen atoms in total. The van der Waals surface area contributed by atoms with Crippen LogP contribution in [0.5, 0.6) is 0 Å². The fourth-order valence-electron chi connectivity index (χ4n) is 2.78. The average molecular weight is 343 g/mol. The number of hydrogen-bond acceptors (Lipinski definition) is 5. The molecule has 1 fully saturated rings. The third kappa shape index (κ3) is 5.31. The van der Waals surface area contributed by atoms with E-state index in [9.17, 15) is 19.6 Å². The van der Waals surface area contributed by atoms with E-state index >= 15 is 0 Å². The maximum Gasteiger partial charge on any atom is 0.325 e. The van der Waals surface area contributed by atoms with Crippen LogP contribution in [0.25, 0.3) is 0 Å². The zero-order valence-electron chi connectivity index (χ0n) is 14.1. The van der Waals surface area contributed by atoms with Gasteiger partial charge in [-0.05, 0) is 44.7 Å². The van der Waals surface area contributed by atoms with Crippen molar-refractivity contribution in [3.05, 3.63) is 35.4 Å². The number of nitrogens with zero attached hydrogens (tertiary/aromatic N) is 1. The number of nitriles is 1. The Labute approximate surface area is 146 Å². The zero-order valence-corrected chi connectivity index (χ0v) is 14.1. The van der Waals surface area contributed by atoms with Crippen LogP contribution in [0.15, 0.2) is 24.3 Å². The van der Waals surface area contributed by atoms with Crippen LogP contribution >= 0.6 is 0 Å². The third-order valence-electron chi connectivity index (χ3n) is 4.09. The van der Waals surface area contributed by atoms with Crippen LogP contribution in [0.3, 0.4) is 0 Å². The van der Waals surface area contributed by atoms with E-state index in [2.05, 4.69) is 16.7 Å². The van der Waals surface area contributed by atoms with Crippen molar-refractivity contribution in [3.8, 4) is 6.07 Å². The van der Waals surface area contributed by atoms with E-state index in [-0.39, 0.29) is 12.5 Å². The van der Waals surface area contributed by atoms with E-state index in [1.165, 1.54) is 0 Å². The number of rotatable bonds is 6. The fraction of sp³-hybridized carbons (Fsp3) is 0.444. The monoisotopic (exact) mass is 343 g/mol. The van der Waals surface area contributed by atoms with Crippen LogP contribution in [0.2, 0.25) is 0 Å². The van der Waals surface area contributed by atoms with Gasteiger partial charge in [0, 0.05) is 5.56 Å². The second-order valence-corrected chi connectivity index (χ2v) is 6.16. The normalized spacial score (nSPS) is 15.0. The van der Waals surface area contributed by atoms with Crippen LogP contribution in [0.4, 0.5) is 0 Å². The maximum atomic E-state index is 11.9. The maximum absolute atomic E-state index is 11.9. The van der Waals surface area contributed by atoms with Gasteiger partial charge in [-0.2, -0.15) is 5.26 Å². The van der Waals surface area contributed by atoms with Gasteiger partial charge < -0.3 is 15.4 Å². The molecule has 0 saturated heterocycles. The topological polar surface area (TPSA) is 108 Å². The molecule has 0 unspecified atom stereocenters. The molecule has 0 bridgehead atoms. The van der Waals surface area contributed by atoms with Crippen molar-refractivity contribution in [1.29, 1.82) is 5.26 Å². The number of carbonyl (C=O) groups excluding carboxylic acids is 3. The van der Waals surface area contributed by atoms with Crippen molar-refractivity contribution in [3.63, 3.8) is 0 Å². The number of amides is 2. The van der Waals surface area contributed by atoms with Gasteiger partial charge in [0.2, 0.25) is 0 Å². The lowest BCUT2D eigenvalue weighted by Crippen LogP contribution is -2.47. The summed E-state index contributed by atoms with van der Waals surface area (Å²) in [5.41, 5.74) is 0.538. The Hall–Kier alpha value is -2.88. The summed E-state index contributed by atoms with van der Waals surface area (Å²) in [6, 6.07) is 9.09. The second kappa shape index (κ2) is 8.29. The predicted octanol–water partition coefficient (Wildman–Crippen LogP) is 1.22. The SMILES string of the molecule is Cc1cccc(C(=O)NCC(=O)OCC(=O)NC2(C#N)CCCC2)c1. The minimum Gasteiger partial charge on any atom is -0.454 e. The molecule has 1 aromatic carbocycles. The van der Waals surface area contributed by atoms with Gasteiger partial charge in [0.25, 0.3) is 11.8 Å². The summed E-state index contributed by atoms with van der Waals surface area (Å²) in [6.45, 7) is 1.06. The molecular formula is C18H21N3O4. The lowest BCUT2D eigenvalue weighted by Gasteiger charge is -2.21. The van der Waals surface area contributed by atoms with E-state index in [0.717, 1.165) is 18.4 Å². The number of carbonyl (C=O) groups is 3. The first-order valence-electron chi connectivity index (χ1n) is 8.17. The molecule has 7 heteroatoms. The summed E-state index contributed by atoms with van der Waals surface area (Å²) in [5, 5.41) is 14.3. The Morgan fingerprint density at radius 2 is 2.00 bits per heavy atom. The predicted molar refractivity (Wildman–Crippen MR) is 89.4 cm³/mol. The highest BCUT2D eigenvalue weighted by Gasteiger charge is 2.35. The number of benzene rings is 1. The highest BCUT2D eigenvalue weighted by molar-refractivity contribution is 5.96. The van der Waals surface area contributed by atoms with Crippen molar-refractivity contribution >= 4 is 17.8 Å². The molecule has 2 rings (SSSR count). The summed E-state index contributed by atoms with van der Waals surface area (Å²) in [7, 11) is 0.